The SMILES string of the molecule is Cc1cc(-c2noc(-c3onc(-c4ccccc4)c3C)n2)ccc1C=O. The molecular weight excluding hydrogens is 330 g/mol. The highest BCUT2D eigenvalue weighted by molar-refractivity contribution is 5.79. The number of hydrogen-bond acceptors (Lipinski definition) is 6. The Kier molecular flexibility index (Phi) is 3.93. The zero-order chi connectivity index (χ0) is 18.1. The highest BCUT2D eigenvalue weighted by atomic mass is 16.5. The third kappa shape index (κ3) is 2.71. The van der Waals surface area contributed by atoms with E-state index in [-0.39, 0.29) is 5.89 Å². The van der Waals surface area contributed by atoms with E-state index >= 15 is 0 Å². The van der Waals surface area contributed by atoms with E-state index in [4.69, 9.17) is 9.05 Å². The maximum atomic E-state index is 11.0. The molecule has 2 aromatic carbocycles. The van der Waals surface area contributed by atoms with Crippen LogP contribution in [0.3, 0.4) is 0 Å². The summed E-state index contributed by atoms with van der Waals surface area (Å²) in [6, 6.07) is 15.1. The monoisotopic (exact) mass is 345 g/mol. The molecule has 4 rings (SSSR count). The summed E-state index contributed by atoms with van der Waals surface area (Å²) in [7, 11) is 0. The van der Waals surface area contributed by atoms with E-state index in [0.717, 1.165) is 34.2 Å². The lowest BCUT2D eigenvalue weighted by Crippen LogP contribution is -1.88. The molecule has 0 amide bonds. The summed E-state index contributed by atoms with van der Waals surface area (Å²) in [5.41, 5.74) is 4.79. The first-order valence-electron chi connectivity index (χ1n) is 8.09. The normalized spacial score (nSPS) is 10.8. The smallest absolute Gasteiger partial charge is 0.297 e. The highest BCUT2D eigenvalue weighted by Gasteiger charge is 2.21. The van der Waals surface area contributed by atoms with E-state index in [1.165, 1.54) is 0 Å². The van der Waals surface area contributed by atoms with Gasteiger partial charge in [0.25, 0.3) is 5.89 Å². The fourth-order valence-corrected chi connectivity index (χ4v) is 2.78. The molecule has 0 spiro atoms. The average molecular weight is 345 g/mol. The van der Waals surface area contributed by atoms with E-state index in [9.17, 15) is 4.79 Å². The van der Waals surface area contributed by atoms with Crippen molar-refractivity contribution in [2.45, 2.75) is 13.8 Å². The summed E-state index contributed by atoms with van der Waals surface area (Å²) < 4.78 is 10.8. The Morgan fingerprint density at radius 3 is 2.46 bits per heavy atom. The molecule has 26 heavy (non-hydrogen) atoms. The molecule has 0 saturated heterocycles. The van der Waals surface area contributed by atoms with Crippen LogP contribution in [0.2, 0.25) is 0 Å². The zero-order valence-corrected chi connectivity index (χ0v) is 14.3. The molecule has 0 fully saturated rings. The van der Waals surface area contributed by atoms with Crippen LogP contribution < -0.4 is 0 Å². The van der Waals surface area contributed by atoms with Crippen LogP contribution in [0.5, 0.6) is 0 Å². The van der Waals surface area contributed by atoms with Crippen LogP contribution in [-0.4, -0.2) is 21.6 Å². The third-order valence-corrected chi connectivity index (χ3v) is 4.25. The van der Waals surface area contributed by atoms with Crippen molar-refractivity contribution < 1.29 is 13.8 Å². The van der Waals surface area contributed by atoms with Crippen molar-refractivity contribution in [3.8, 4) is 34.3 Å². The molecule has 0 aliphatic carbocycles. The van der Waals surface area contributed by atoms with Crippen molar-refractivity contribution in [3.63, 3.8) is 0 Å². The maximum Gasteiger partial charge on any atom is 0.297 e. The van der Waals surface area contributed by atoms with Gasteiger partial charge in [0, 0.05) is 22.3 Å². The quantitative estimate of drug-likeness (QED) is 0.507. The van der Waals surface area contributed by atoms with Crippen molar-refractivity contribution in [1.29, 1.82) is 0 Å². The number of rotatable bonds is 4. The first-order valence-corrected chi connectivity index (χ1v) is 8.09. The van der Waals surface area contributed by atoms with Gasteiger partial charge in [0.2, 0.25) is 11.6 Å². The Morgan fingerprint density at radius 1 is 0.923 bits per heavy atom. The van der Waals surface area contributed by atoms with E-state index < -0.39 is 0 Å². The maximum absolute atomic E-state index is 11.0. The topological polar surface area (TPSA) is 82.0 Å². The van der Waals surface area contributed by atoms with Gasteiger partial charge in [-0.3, -0.25) is 4.79 Å². The first-order chi connectivity index (χ1) is 12.7. The van der Waals surface area contributed by atoms with E-state index in [0.29, 0.717) is 17.1 Å². The predicted octanol–water partition coefficient (Wildman–Crippen LogP) is 4.49. The minimum atomic E-state index is 0.268. The lowest BCUT2D eigenvalue weighted by atomic mass is 10.1. The first kappa shape index (κ1) is 16.0. The molecule has 0 unspecified atom stereocenters. The van der Waals surface area contributed by atoms with Crippen molar-refractivity contribution in [1.82, 2.24) is 15.3 Å². The Bertz CT molecular complexity index is 1080. The van der Waals surface area contributed by atoms with Crippen LogP contribution in [-0.2, 0) is 0 Å². The third-order valence-electron chi connectivity index (χ3n) is 4.25. The fourth-order valence-electron chi connectivity index (χ4n) is 2.78. The van der Waals surface area contributed by atoms with Gasteiger partial charge in [-0.05, 0) is 25.5 Å². The Labute approximate surface area is 149 Å². The Hall–Kier alpha value is -3.54. The minimum absolute atomic E-state index is 0.268. The molecule has 4 aromatic rings. The van der Waals surface area contributed by atoms with Crippen LogP contribution in [0.1, 0.15) is 21.5 Å². The molecule has 0 saturated carbocycles. The summed E-state index contributed by atoms with van der Waals surface area (Å²) in [4.78, 5) is 15.4. The second kappa shape index (κ2) is 6.40. The van der Waals surface area contributed by atoms with Crippen molar-refractivity contribution in [2.24, 2.45) is 0 Å². The van der Waals surface area contributed by atoms with E-state index in [2.05, 4.69) is 15.3 Å². The molecule has 128 valence electrons. The minimum Gasteiger partial charge on any atom is -0.350 e. The van der Waals surface area contributed by atoms with Crippen LogP contribution in [0.15, 0.2) is 57.6 Å². The van der Waals surface area contributed by atoms with Gasteiger partial charge in [0.1, 0.15) is 12.0 Å². The number of benzene rings is 2. The number of nitrogens with zero attached hydrogens (tertiary/aromatic N) is 3. The Morgan fingerprint density at radius 2 is 1.73 bits per heavy atom. The van der Waals surface area contributed by atoms with Gasteiger partial charge in [-0.25, -0.2) is 0 Å². The van der Waals surface area contributed by atoms with Crippen LogP contribution in [0.25, 0.3) is 34.3 Å². The fraction of sp³-hybridized carbons (Fsp3) is 0.100. The molecule has 0 atom stereocenters. The second-order valence-corrected chi connectivity index (χ2v) is 5.96. The predicted molar refractivity (Wildman–Crippen MR) is 95.5 cm³/mol. The molecule has 0 N–H and O–H groups in total. The molecule has 0 aliphatic rings. The second-order valence-electron chi connectivity index (χ2n) is 5.96. The zero-order valence-electron chi connectivity index (χ0n) is 14.3. The molecule has 0 bridgehead atoms. The van der Waals surface area contributed by atoms with Crippen LogP contribution in [0.4, 0.5) is 0 Å². The lowest BCUT2D eigenvalue weighted by molar-refractivity contribution is 0.112. The summed E-state index contributed by atoms with van der Waals surface area (Å²) in [6.45, 7) is 3.77. The summed E-state index contributed by atoms with van der Waals surface area (Å²) in [5, 5.41) is 8.16. The number of carbonyl (C=O) groups is 1. The molecule has 2 heterocycles. The number of hydrogen-bond donors (Lipinski definition) is 0. The van der Waals surface area contributed by atoms with Gasteiger partial charge >= 0.3 is 0 Å². The summed E-state index contributed by atoms with van der Waals surface area (Å²) in [6.07, 6.45) is 0.823. The average Bonchev–Trinajstić information content (AvgIpc) is 3.29. The number of aromatic nitrogens is 3. The van der Waals surface area contributed by atoms with Gasteiger partial charge in [0.05, 0.1) is 0 Å². The number of carbonyl (C=O) groups excluding carboxylic acids is 1. The highest BCUT2D eigenvalue weighted by Crippen LogP contribution is 2.31. The van der Waals surface area contributed by atoms with E-state index in [1.807, 2.05) is 50.2 Å². The summed E-state index contributed by atoms with van der Waals surface area (Å²) in [5.74, 6) is 1.14. The van der Waals surface area contributed by atoms with Crippen molar-refractivity contribution >= 4 is 6.29 Å². The van der Waals surface area contributed by atoms with Gasteiger partial charge in [-0.15, -0.1) is 0 Å². The lowest BCUT2D eigenvalue weighted by Gasteiger charge is -1.99. The standard InChI is InChI=1S/C20H15N3O3/c1-12-10-15(8-9-16(12)11-24)19-21-20(26-23-19)18-13(2)17(22-25-18)14-6-4-3-5-7-14/h3-11H,1-2H3. The molecular formula is C20H15N3O3. The van der Waals surface area contributed by atoms with Gasteiger partial charge in [-0.1, -0.05) is 52.8 Å². The van der Waals surface area contributed by atoms with Crippen molar-refractivity contribution in [2.75, 3.05) is 0 Å². The molecule has 6 nitrogen and oxygen atoms in total. The molecule has 0 aliphatic heterocycles. The molecule has 0 radical (unpaired) electrons. The van der Waals surface area contributed by atoms with Crippen LogP contribution in [0, 0.1) is 13.8 Å². The number of aryl methyl sites for hydroxylation is 1. The van der Waals surface area contributed by atoms with Gasteiger partial charge < -0.3 is 9.05 Å². The van der Waals surface area contributed by atoms with Gasteiger partial charge in [0.15, 0.2) is 0 Å². The Balaban J connectivity index is 1.70. The largest absolute Gasteiger partial charge is 0.350 e. The van der Waals surface area contributed by atoms with E-state index in [1.54, 1.807) is 12.1 Å². The van der Waals surface area contributed by atoms with Crippen molar-refractivity contribution in [3.05, 3.63) is 65.2 Å². The number of aldehydes is 1. The van der Waals surface area contributed by atoms with Gasteiger partial charge in [-0.2, -0.15) is 4.98 Å². The molecule has 6 heteroatoms. The summed E-state index contributed by atoms with van der Waals surface area (Å²) >= 11 is 0. The molecule has 2 aromatic heterocycles. The van der Waals surface area contributed by atoms with Crippen LogP contribution >= 0.6 is 0 Å².